The fraction of sp³-hybridized carbons (Fsp3) is 0.0909. The minimum Gasteiger partial charge on any atom is -0.504 e. The number of phenolic OH excluding ortho intramolecular Hbond substituents is 1. The first-order chi connectivity index (χ1) is 13.1. The predicted molar refractivity (Wildman–Crippen MR) is 103 cm³/mol. The third-order valence-corrected chi connectivity index (χ3v) is 4.21. The van der Waals surface area contributed by atoms with Crippen molar-refractivity contribution in [1.82, 2.24) is 5.32 Å². The molecule has 3 aromatic rings. The van der Waals surface area contributed by atoms with E-state index in [1.807, 2.05) is 36.4 Å². The Hall–Kier alpha value is -3.60. The summed E-state index contributed by atoms with van der Waals surface area (Å²) in [5.41, 5.74) is 3.06. The number of hydrogen-bond acceptors (Lipinski definition) is 4. The molecule has 0 spiro atoms. The lowest BCUT2D eigenvalue weighted by Crippen LogP contribution is -2.22. The lowest BCUT2D eigenvalue weighted by atomic mass is 10.00. The first-order valence-corrected chi connectivity index (χ1v) is 8.41. The van der Waals surface area contributed by atoms with Gasteiger partial charge in [-0.2, -0.15) is 0 Å². The van der Waals surface area contributed by atoms with Crippen LogP contribution in [0.25, 0.3) is 11.1 Å². The van der Waals surface area contributed by atoms with Crippen molar-refractivity contribution in [3.8, 4) is 22.6 Å². The van der Waals surface area contributed by atoms with E-state index in [-0.39, 0.29) is 23.0 Å². The van der Waals surface area contributed by atoms with E-state index in [1.165, 1.54) is 7.11 Å². The zero-order valence-electron chi connectivity index (χ0n) is 14.8. The molecule has 3 rings (SSSR count). The van der Waals surface area contributed by atoms with E-state index in [9.17, 15) is 14.7 Å². The maximum Gasteiger partial charge on any atom is 0.251 e. The predicted octanol–water partition coefficient (Wildman–Crippen LogP) is 3.81. The Morgan fingerprint density at radius 2 is 1.81 bits per heavy atom. The fourth-order valence-corrected chi connectivity index (χ4v) is 2.76. The molecule has 27 heavy (non-hydrogen) atoms. The second kappa shape index (κ2) is 8.19. The quantitative estimate of drug-likeness (QED) is 0.655. The number of aldehydes is 1. The number of nitrogens with one attached hydrogen (secondary N) is 1. The molecule has 1 amide bonds. The number of amides is 1. The van der Waals surface area contributed by atoms with Crippen LogP contribution in [0.2, 0.25) is 0 Å². The van der Waals surface area contributed by atoms with Crippen LogP contribution in [0.3, 0.4) is 0 Å². The summed E-state index contributed by atoms with van der Waals surface area (Å²) in [5, 5.41) is 12.8. The van der Waals surface area contributed by atoms with Crippen LogP contribution >= 0.6 is 0 Å². The van der Waals surface area contributed by atoms with E-state index in [4.69, 9.17) is 4.74 Å². The Labute approximate surface area is 157 Å². The van der Waals surface area contributed by atoms with Gasteiger partial charge in [0.1, 0.15) is 0 Å². The second-order valence-electron chi connectivity index (χ2n) is 5.98. The van der Waals surface area contributed by atoms with E-state index in [2.05, 4.69) is 5.32 Å². The highest BCUT2D eigenvalue weighted by Crippen LogP contribution is 2.34. The zero-order chi connectivity index (χ0) is 19.2. The molecule has 3 aromatic carbocycles. The Morgan fingerprint density at radius 1 is 1.04 bits per heavy atom. The van der Waals surface area contributed by atoms with Gasteiger partial charge in [-0.05, 0) is 41.0 Å². The molecule has 0 saturated heterocycles. The molecule has 0 radical (unpaired) electrons. The molecular weight excluding hydrogens is 342 g/mol. The number of carbonyl (C=O) groups excluding carboxylic acids is 2. The molecule has 0 heterocycles. The molecule has 0 aliphatic heterocycles. The highest BCUT2D eigenvalue weighted by Gasteiger charge is 2.13. The minimum atomic E-state index is -0.201. The SMILES string of the molecule is COc1cc(-c2cccc(C(=O)NCc3ccccc3)c2)cc(C=O)c1O. The van der Waals surface area contributed by atoms with Gasteiger partial charge in [-0.3, -0.25) is 9.59 Å². The zero-order valence-corrected chi connectivity index (χ0v) is 14.8. The van der Waals surface area contributed by atoms with Crippen molar-refractivity contribution in [2.45, 2.75) is 6.54 Å². The van der Waals surface area contributed by atoms with Crippen LogP contribution in [-0.2, 0) is 6.54 Å². The third kappa shape index (κ3) is 4.15. The van der Waals surface area contributed by atoms with Crippen LogP contribution in [0.15, 0.2) is 66.7 Å². The highest BCUT2D eigenvalue weighted by atomic mass is 16.5. The van der Waals surface area contributed by atoms with Crippen LogP contribution in [-0.4, -0.2) is 24.4 Å². The van der Waals surface area contributed by atoms with E-state index in [1.54, 1.807) is 30.3 Å². The molecule has 136 valence electrons. The van der Waals surface area contributed by atoms with Gasteiger partial charge in [0.25, 0.3) is 5.91 Å². The summed E-state index contributed by atoms with van der Waals surface area (Å²) in [6, 6.07) is 19.9. The van der Waals surface area contributed by atoms with Crippen molar-refractivity contribution in [2.75, 3.05) is 7.11 Å². The molecule has 5 heteroatoms. The van der Waals surface area contributed by atoms with Gasteiger partial charge in [0.2, 0.25) is 0 Å². The number of phenols is 1. The van der Waals surface area contributed by atoms with E-state index >= 15 is 0 Å². The van der Waals surface area contributed by atoms with Crippen molar-refractivity contribution in [3.05, 3.63) is 83.4 Å². The van der Waals surface area contributed by atoms with Crippen LogP contribution in [0.5, 0.6) is 11.5 Å². The molecule has 0 aliphatic rings. The molecule has 0 bridgehead atoms. The Kier molecular flexibility index (Phi) is 5.52. The van der Waals surface area contributed by atoms with Gasteiger partial charge in [0, 0.05) is 12.1 Å². The summed E-state index contributed by atoms with van der Waals surface area (Å²) in [5.74, 6) is -0.191. The van der Waals surface area contributed by atoms with Gasteiger partial charge < -0.3 is 15.2 Å². The van der Waals surface area contributed by atoms with Crippen LogP contribution < -0.4 is 10.1 Å². The van der Waals surface area contributed by atoms with Gasteiger partial charge in [0.15, 0.2) is 17.8 Å². The van der Waals surface area contributed by atoms with E-state index < -0.39 is 0 Å². The normalized spacial score (nSPS) is 10.3. The van der Waals surface area contributed by atoms with E-state index in [0.29, 0.717) is 24.0 Å². The van der Waals surface area contributed by atoms with Gasteiger partial charge in [-0.25, -0.2) is 0 Å². The monoisotopic (exact) mass is 361 g/mol. The Bertz CT molecular complexity index is 967. The van der Waals surface area contributed by atoms with Crippen molar-refractivity contribution in [1.29, 1.82) is 0 Å². The summed E-state index contributed by atoms with van der Waals surface area (Å²) < 4.78 is 5.13. The fourth-order valence-electron chi connectivity index (χ4n) is 2.76. The first kappa shape index (κ1) is 18.2. The van der Waals surface area contributed by atoms with Crippen LogP contribution in [0, 0.1) is 0 Å². The lowest BCUT2D eigenvalue weighted by Gasteiger charge is -2.11. The number of hydrogen-bond donors (Lipinski definition) is 2. The van der Waals surface area contributed by atoms with Crippen molar-refractivity contribution in [2.24, 2.45) is 0 Å². The molecule has 0 aliphatic carbocycles. The van der Waals surface area contributed by atoms with Gasteiger partial charge in [-0.1, -0.05) is 42.5 Å². The molecule has 0 atom stereocenters. The number of benzene rings is 3. The molecule has 0 aromatic heterocycles. The smallest absolute Gasteiger partial charge is 0.251 e. The molecule has 0 saturated carbocycles. The van der Waals surface area contributed by atoms with Gasteiger partial charge in [-0.15, -0.1) is 0 Å². The van der Waals surface area contributed by atoms with Gasteiger partial charge >= 0.3 is 0 Å². The topological polar surface area (TPSA) is 75.6 Å². The summed E-state index contributed by atoms with van der Waals surface area (Å²) in [6.07, 6.45) is 0.567. The number of rotatable bonds is 6. The molecule has 5 nitrogen and oxygen atoms in total. The highest BCUT2D eigenvalue weighted by molar-refractivity contribution is 5.95. The van der Waals surface area contributed by atoms with E-state index in [0.717, 1.165) is 11.1 Å². The maximum atomic E-state index is 12.5. The number of methoxy groups -OCH3 is 1. The standard InChI is InChI=1S/C22H19NO4/c1-27-20-12-18(11-19(14-24)21(20)25)16-8-5-9-17(10-16)22(26)23-13-15-6-3-2-4-7-15/h2-12,14,25H,13H2,1H3,(H,23,26). The maximum absolute atomic E-state index is 12.5. The van der Waals surface area contributed by atoms with Gasteiger partial charge in [0.05, 0.1) is 12.7 Å². The summed E-state index contributed by atoms with van der Waals surface area (Å²) in [7, 11) is 1.42. The third-order valence-electron chi connectivity index (χ3n) is 4.21. The largest absolute Gasteiger partial charge is 0.504 e. The van der Waals surface area contributed by atoms with Crippen LogP contribution in [0.1, 0.15) is 26.3 Å². The number of aromatic hydroxyl groups is 1. The Balaban J connectivity index is 1.85. The molecule has 2 N–H and O–H groups in total. The molecular formula is C22H19NO4. The lowest BCUT2D eigenvalue weighted by molar-refractivity contribution is 0.0950. The molecule has 0 unspecified atom stereocenters. The van der Waals surface area contributed by atoms with Crippen molar-refractivity contribution < 1.29 is 19.4 Å². The van der Waals surface area contributed by atoms with Crippen LogP contribution in [0.4, 0.5) is 0 Å². The molecule has 0 fully saturated rings. The number of carbonyl (C=O) groups is 2. The number of ether oxygens (including phenoxy) is 1. The average Bonchev–Trinajstić information content (AvgIpc) is 2.73. The summed E-state index contributed by atoms with van der Waals surface area (Å²) in [4.78, 5) is 23.7. The second-order valence-corrected chi connectivity index (χ2v) is 5.98. The average molecular weight is 361 g/mol. The Morgan fingerprint density at radius 3 is 2.52 bits per heavy atom. The first-order valence-electron chi connectivity index (χ1n) is 8.41. The summed E-state index contributed by atoms with van der Waals surface area (Å²) in [6.45, 7) is 0.437. The van der Waals surface area contributed by atoms with Crippen molar-refractivity contribution in [3.63, 3.8) is 0 Å². The summed E-state index contributed by atoms with van der Waals surface area (Å²) >= 11 is 0. The minimum absolute atomic E-state index is 0.128. The van der Waals surface area contributed by atoms with Crippen molar-refractivity contribution >= 4 is 12.2 Å².